The number of benzene rings is 2. The third kappa shape index (κ3) is 5.13. The van der Waals surface area contributed by atoms with Crippen molar-refractivity contribution < 1.29 is 35.5 Å². The van der Waals surface area contributed by atoms with Gasteiger partial charge in [0, 0.05) is 12.3 Å². The summed E-state index contributed by atoms with van der Waals surface area (Å²) in [4.78, 5) is 28.1. The lowest BCUT2D eigenvalue weighted by atomic mass is 10.1. The molecule has 0 amide bonds. The first-order valence-electron chi connectivity index (χ1n) is 11.5. The molecule has 0 fully saturated rings. The fraction of sp³-hybridized carbons (Fsp3) is 0.200. The van der Waals surface area contributed by atoms with Crippen molar-refractivity contribution >= 4 is 27.8 Å². The van der Waals surface area contributed by atoms with Crippen molar-refractivity contribution in [2.45, 2.75) is 25.3 Å². The number of anilines is 1. The van der Waals surface area contributed by atoms with Gasteiger partial charge in [0.05, 0.1) is 28.2 Å². The molecular weight excluding hydrogens is 549 g/mol. The molecule has 40 heavy (non-hydrogen) atoms. The number of aromatic nitrogens is 5. The van der Waals surface area contributed by atoms with Crippen molar-refractivity contribution in [3.8, 4) is 11.4 Å². The molecule has 15 heteroatoms. The van der Waals surface area contributed by atoms with Crippen LogP contribution in [0.25, 0.3) is 27.6 Å². The Hall–Kier alpha value is -4.69. The number of halogens is 7. The van der Waals surface area contributed by atoms with Gasteiger partial charge in [-0.15, -0.1) is 0 Å². The largest absolute Gasteiger partial charge is 0.484 e. The Labute approximate surface area is 219 Å². The summed E-state index contributed by atoms with van der Waals surface area (Å²) < 4.78 is 99.4. The van der Waals surface area contributed by atoms with Gasteiger partial charge < -0.3 is 15.0 Å². The van der Waals surface area contributed by atoms with E-state index in [2.05, 4.69) is 25.3 Å². The molecule has 2 aromatic carbocycles. The van der Waals surface area contributed by atoms with Crippen LogP contribution in [0.15, 0.2) is 59.8 Å². The second kappa shape index (κ2) is 9.81. The van der Waals surface area contributed by atoms with Crippen LogP contribution < -0.4 is 15.6 Å². The van der Waals surface area contributed by atoms with Gasteiger partial charge in [0.15, 0.2) is 6.61 Å². The van der Waals surface area contributed by atoms with Gasteiger partial charge in [0.2, 0.25) is 0 Å². The molecule has 3 aromatic heterocycles. The lowest BCUT2D eigenvalue weighted by Crippen LogP contribution is -2.28. The van der Waals surface area contributed by atoms with E-state index in [-0.39, 0.29) is 39.6 Å². The first-order chi connectivity index (χ1) is 18.8. The monoisotopic (exact) mass is 566 g/mol. The number of aromatic amines is 1. The SMILES string of the molecule is CC(Nc1ncnc2[nH]cc(C(F)(F)F)c12)c1nc2cccc(F)c2c(=O)n1-c1cccc(OCC(F)(F)F)c1. The molecule has 5 aromatic rings. The number of nitrogens with zero attached hydrogens (tertiary/aromatic N) is 4. The van der Waals surface area contributed by atoms with Gasteiger partial charge in [-0.1, -0.05) is 12.1 Å². The van der Waals surface area contributed by atoms with E-state index in [0.29, 0.717) is 0 Å². The molecule has 208 valence electrons. The summed E-state index contributed by atoms with van der Waals surface area (Å²) in [5.41, 5.74) is -2.09. The first kappa shape index (κ1) is 26.9. The quantitative estimate of drug-likeness (QED) is 0.248. The topological polar surface area (TPSA) is 97.7 Å². The summed E-state index contributed by atoms with van der Waals surface area (Å²) in [5, 5.41) is 2.06. The van der Waals surface area contributed by atoms with Gasteiger partial charge in [0.25, 0.3) is 5.56 Å². The van der Waals surface area contributed by atoms with Crippen molar-refractivity contribution in [1.29, 1.82) is 0 Å². The standard InChI is InChI=1S/C25H17F7N6O2/c1-12(36-21-18-15(25(30,31)32)9-33-20(18)34-11-35-21)22-37-17-7-3-6-16(26)19(17)23(39)38(22)13-4-2-5-14(8-13)40-10-24(27,28)29/h2-9,11-12H,10H2,1H3,(H2,33,34,35,36). The minimum atomic E-state index is -4.74. The van der Waals surface area contributed by atoms with E-state index in [1.165, 1.54) is 37.3 Å². The highest BCUT2D eigenvalue weighted by Crippen LogP contribution is 2.37. The van der Waals surface area contributed by atoms with E-state index >= 15 is 0 Å². The molecule has 0 aliphatic rings. The van der Waals surface area contributed by atoms with Crippen LogP contribution in [-0.2, 0) is 6.18 Å². The van der Waals surface area contributed by atoms with Crippen LogP contribution in [0.5, 0.6) is 5.75 Å². The highest BCUT2D eigenvalue weighted by atomic mass is 19.4. The van der Waals surface area contributed by atoms with E-state index in [1.54, 1.807) is 0 Å². The number of fused-ring (bicyclic) bond motifs is 2. The molecule has 0 saturated carbocycles. The highest BCUT2D eigenvalue weighted by Gasteiger charge is 2.35. The molecule has 1 unspecified atom stereocenters. The van der Waals surface area contributed by atoms with Crippen LogP contribution in [-0.4, -0.2) is 37.3 Å². The van der Waals surface area contributed by atoms with E-state index in [9.17, 15) is 35.5 Å². The average Bonchev–Trinajstić information content (AvgIpc) is 3.33. The number of alkyl halides is 6. The van der Waals surface area contributed by atoms with Gasteiger partial charge in [-0.25, -0.2) is 19.3 Å². The fourth-order valence-electron chi connectivity index (χ4n) is 4.19. The Balaban J connectivity index is 1.66. The maximum atomic E-state index is 14.7. The summed E-state index contributed by atoms with van der Waals surface area (Å²) >= 11 is 0. The van der Waals surface area contributed by atoms with Crippen molar-refractivity contribution in [3.63, 3.8) is 0 Å². The Morgan fingerprint density at radius 2 is 1.80 bits per heavy atom. The van der Waals surface area contributed by atoms with Gasteiger partial charge in [-0.3, -0.25) is 9.36 Å². The van der Waals surface area contributed by atoms with Crippen molar-refractivity contribution in [2.75, 3.05) is 11.9 Å². The fourth-order valence-corrected chi connectivity index (χ4v) is 4.19. The number of hydrogen-bond acceptors (Lipinski definition) is 6. The molecule has 1 atom stereocenters. The average molecular weight is 566 g/mol. The van der Waals surface area contributed by atoms with Gasteiger partial charge >= 0.3 is 12.4 Å². The number of nitrogens with one attached hydrogen (secondary N) is 2. The first-order valence-corrected chi connectivity index (χ1v) is 11.5. The third-order valence-electron chi connectivity index (χ3n) is 5.87. The van der Waals surface area contributed by atoms with Crippen LogP contribution in [0, 0.1) is 5.82 Å². The molecular formula is C25H17F7N6O2. The molecule has 0 spiro atoms. The van der Waals surface area contributed by atoms with Gasteiger partial charge in [-0.05, 0) is 31.2 Å². The summed E-state index contributed by atoms with van der Waals surface area (Å²) in [6.45, 7) is -0.121. The molecule has 0 radical (unpaired) electrons. The number of hydrogen-bond donors (Lipinski definition) is 2. The maximum Gasteiger partial charge on any atom is 0.422 e. The van der Waals surface area contributed by atoms with Crippen LogP contribution in [0.1, 0.15) is 24.4 Å². The Morgan fingerprint density at radius 1 is 1.05 bits per heavy atom. The second-order valence-corrected chi connectivity index (χ2v) is 8.66. The zero-order valence-corrected chi connectivity index (χ0v) is 20.2. The minimum Gasteiger partial charge on any atom is -0.484 e. The molecule has 0 aliphatic carbocycles. The van der Waals surface area contributed by atoms with E-state index < -0.39 is 47.3 Å². The molecule has 5 rings (SSSR count). The van der Waals surface area contributed by atoms with E-state index in [0.717, 1.165) is 29.2 Å². The van der Waals surface area contributed by atoms with Crippen molar-refractivity contribution in [2.24, 2.45) is 0 Å². The maximum absolute atomic E-state index is 14.7. The van der Waals surface area contributed by atoms with E-state index in [1.807, 2.05) is 0 Å². The number of rotatable bonds is 6. The number of ether oxygens (including phenoxy) is 1. The summed E-state index contributed by atoms with van der Waals surface area (Å²) in [6, 6.07) is 7.77. The highest BCUT2D eigenvalue weighted by molar-refractivity contribution is 5.91. The van der Waals surface area contributed by atoms with Crippen molar-refractivity contribution in [3.05, 3.63) is 82.5 Å². The second-order valence-electron chi connectivity index (χ2n) is 8.66. The molecule has 0 saturated heterocycles. The zero-order chi connectivity index (χ0) is 28.8. The van der Waals surface area contributed by atoms with Crippen LogP contribution >= 0.6 is 0 Å². The van der Waals surface area contributed by atoms with Gasteiger partial charge in [-0.2, -0.15) is 26.3 Å². The lowest BCUT2D eigenvalue weighted by Gasteiger charge is -2.21. The third-order valence-corrected chi connectivity index (χ3v) is 5.87. The molecule has 8 nitrogen and oxygen atoms in total. The molecule has 0 aliphatic heterocycles. The summed E-state index contributed by atoms with van der Waals surface area (Å²) in [7, 11) is 0. The van der Waals surface area contributed by atoms with Crippen LogP contribution in [0.4, 0.5) is 36.6 Å². The van der Waals surface area contributed by atoms with Crippen LogP contribution in [0.2, 0.25) is 0 Å². The number of H-pyrrole nitrogens is 1. The Bertz CT molecular complexity index is 1780. The smallest absolute Gasteiger partial charge is 0.422 e. The molecule has 0 bridgehead atoms. The predicted molar refractivity (Wildman–Crippen MR) is 130 cm³/mol. The Kier molecular flexibility index (Phi) is 6.59. The Morgan fingerprint density at radius 3 is 2.52 bits per heavy atom. The summed E-state index contributed by atoms with van der Waals surface area (Å²) in [5.74, 6) is -1.44. The van der Waals surface area contributed by atoms with Crippen molar-refractivity contribution in [1.82, 2.24) is 24.5 Å². The lowest BCUT2D eigenvalue weighted by molar-refractivity contribution is -0.153. The van der Waals surface area contributed by atoms with Crippen LogP contribution in [0.3, 0.4) is 0 Å². The molecule has 2 N–H and O–H groups in total. The summed E-state index contributed by atoms with van der Waals surface area (Å²) in [6.07, 6.45) is -7.58. The molecule has 3 heterocycles. The van der Waals surface area contributed by atoms with E-state index in [4.69, 9.17) is 4.74 Å². The predicted octanol–water partition coefficient (Wildman–Crippen LogP) is 5.93. The minimum absolute atomic E-state index is 0.0172. The van der Waals surface area contributed by atoms with Gasteiger partial charge in [0.1, 0.15) is 40.6 Å². The normalized spacial score (nSPS) is 13.1. The zero-order valence-electron chi connectivity index (χ0n) is 20.2.